The van der Waals surface area contributed by atoms with Crippen LogP contribution >= 0.6 is 8.46 Å². The van der Waals surface area contributed by atoms with Crippen molar-refractivity contribution in [3.63, 3.8) is 0 Å². The first-order chi connectivity index (χ1) is 5.24. The minimum absolute atomic E-state index is 0.136. The zero-order chi connectivity index (χ0) is 8.27. The number of hydrogen-bond donors (Lipinski definition) is 1. The summed E-state index contributed by atoms with van der Waals surface area (Å²) in [7, 11) is -0.136. The van der Waals surface area contributed by atoms with E-state index >= 15 is 0 Å². The Hall–Kier alpha value is -0.570. The van der Waals surface area contributed by atoms with Crippen molar-refractivity contribution in [2.24, 2.45) is 0 Å². The highest BCUT2D eigenvalue weighted by molar-refractivity contribution is 7.79. The smallest absolute Gasteiger partial charge is 0.192 e. The predicted molar refractivity (Wildman–Crippen MR) is 42.7 cm³/mol. The largest absolute Gasteiger partial charge is 0.302 e. The van der Waals surface area contributed by atoms with Crippen molar-refractivity contribution in [3.05, 3.63) is 24.3 Å². The normalized spacial score (nSPS) is 13.2. The minimum atomic E-state index is -1.98. The molecular weight excluding hydrogens is 183 g/mol. The Bertz CT molecular complexity index is 300. The van der Waals surface area contributed by atoms with Gasteiger partial charge in [0.25, 0.3) is 0 Å². The Kier molecular flexibility index (Phi) is 2.88. The van der Waals surface area contributed by atoms with E-state index in [-0.39, 0.29) is 13.4 Å². The van der Waals surface area contributed by atoms with Crippen LogP contribution in [-0.2, 0) is 15.6 Å². The van der Waals surface area contributed by atoms with Crippen molar-refractivity contribution in [1.29, 1.82) is 0 Å². The Labute approximate surface area is 67.9 Å². The molecule has 11 heavy (non-hydrogen) atoms. The fourth-order valence-electron chi connectivity index (χ4n) is 0.649. The molecule has 1 atom stereocenters. The average molecular weight is 188 g/mol. The highest BCUT2D eigenvalue weighted by Crippen LogP contribution is 2.04. The van der Waals surface area contributed by atoms with Gasteiger partial charge in [0, 0.05) is 5.30 Å². The van der Waals surface area contributed by atoms with E-state index in [0.29, 0.717) is 5.30 Å². The molecule has 0 saturated carbocycles. The van der Waals surface area contributed by atoms with Crippen LogP contribution in [0.2, 0.25) is 0 Å². The zero-order valence-corrected chi connectivity index (χ0v) is 7.14. The van der Waals surface area contributed by atoms with Gasteiger partial charge in [-0.05, 0) is 18.2 Å². The summed E-state index contributed by atoms with van der Waals surface area (Å²) in [6.07, 6.45) is 0. The second-order valence-corrected chi connectivity index (χ2v) is 3.51. The Morgan fingerprint density at radius 2 is 2.18 bits per heavy atom. The van der Waals surface area contributed by atoms with Crippen LogP contribution in [0.5, 0.6) is 0 Å². The average Bonchev–Trinajstić information content (AvgIpc) is 2.05. The molecule has 1 aromatic carbocycles. The Morgan fingerprint density at radius 3 is 2.73 bits per heavy atom. The van der Waals surface area contributed by atoms with Gasteiger partial charge in [-0.3, -0.25) is 4.57 Å². The van der Waals surface area contributed by atoms with E-state index in [1.54, 1.807) is 12.1 Å². The van der Waals surface area contributed by atoms with Crippen molar-refractivity contribution in [1.82, 2.24) is 0 Å². The van der Waals surface area contributed by atoms with Crippen LogP contribution in [-0.4, -0.2) is 8.76 Å². The molecule has 1 unspecified atom stereocenters. The predicted octanol–water partition coefficient (Wildman–Crippen LogP) is 1.18. The Balaban J connectivity index is 3.10. The number of hydrogen-bond acceptors (Lipinski definition) is 2. The van der Waals surface area contributed by atoms with Gasteiger partial charge in [-0.25, -0.2) is 4.21 Å². The third kappa shape index (κ3) is 2.19. The highest BCUT2D eigenvalue weighted by atomic mass is 32.2. The Morgan fingerprint density at radius 1 is 1.45 bits per heavy atom. The van der Waals surface area contributed by atoms with Gasteiger partial charge in [0.1, 0.15) is 0 Å². The summed E-state index contributed by atoms with van der Waals surface area (Å²) < 4.78 is 29.4. The van der Waals surface area contributed by atoms with Crippen molar-refractivity contribution in [2.75, 3.05) is 0 Å². The summed E-state index contributed by atoms with van der Waals surface area (Å²) in [4.78, 5) is 0.269. The van der Waals surface area contributed by atoms with Gasteiger partial charge in [0.05, 0.1) is 4.90 Å². The van der Waals surface area contributed by atoms with E-state index < -0.39 is 11.1 Å². The molecule has 0 fully saturated rings. The van der Waals surface area contributed by atoms with Crippen LogP contribution in [0.4, 0.5) is 0 Å². The SMILES string of the molecule is O=Pc1cccc(S(=O)O)c1. The maximum atomic E-state index is 10.5. The van der Waals surface area contributed by atoms with Gasteiger partial charge in [-0.2, -0.15) is 0 Å². The van der Waals surface area contributed by atoms with Crippen LogP contribution in [0, 0.1) is 0 Å². The summed E-state index contributed by atoms with van der Waals surface area (Å²) in [6.45, 7) is 0. The third-order valence-corrected chi connectivity index (χ3v) is 2.27. The fourth-order valence-corrected chi connectivity index (χ4v) is 1.50. The topological polar surface area (TPSA) is 54.4 Å². The van der Waals surface area contributed by atoms with Crippen molar-refractivity contribution in [3.8, 4) is 0 Å². The fraction of sp³-hybridized carbons (Fsp3) is 0. The van der Waals surface area contributed by atoms with Gasteiger partial charge in [-0.15, -0.1) is 0 Å². The molecule has 0 amide bonds. The molecule has 1 aromatic rings. The molecular formula is C6H5O3PS. The summed E-state index contributed by atoms with van der Waals surface area (Å²) in [5.74, 6) is 0. The maximum Gasteiger partial charge on any atom is 0.192 e. The van der Waals surface area contributed by atoms with E-state index in [0.717, 1.165) is 0 Å². The van der Waals surface area contributed by atoms with Gasteiger partial charge >= 0.3 is 0 Å². The lowest BCUT2D eigenvalue weighted by molar-refractivity contribution is 0.564. The van der Waals surface area contributed by atoms with Gasteiger partial charge in [0.2, 0.25) is 0 Å². The highest BCUT2D eigenvalue weighted by Gasteiger charge is 1.99. The van der Waals surface area contributed by atoms with Crippen molar-refractivity contribution in [2.45, 2.75) is 4.90 Å². The van der Waals surface area contributed by atoms with Crippen molar-refractivity contribution >= 4 is 24.8 Å². The van der Waals surface area contributed by atoms with Crippen LogP contribution < -0.4 is 5.30 Å². The zero-order valence-electron chi connectivity index (χ0n) is 5.43. The summed E-state index contributed by atoms with van der Waals surface area (Å²) >= 11 is -1.98. The molecule has 3 nitrogen and oxygen atoms in total. The van der Waals surface area contributed by atoms with Crippen LogP contribution in [0.25, 0.3) is 0 Å². The molecule has 0 bridgehead atoms. The first kappa shape index (κ1) is 8.53. The van der Waals surface area contributed by atoms with Crippen LogP contribution in [0.3, 0.4) is 0 Å². The summed E-state index contributed by atoms with van der Waals surface area (Å²) in [6, 6.07) is 6.13. The monoisotopic (exact) mass is 188 g/mol. The molecule has 0 heterocycles. The second-order valence-electron chi connectivity index (χ2n) is 1.84. The molecule has 0 aliphatic carbocycles. The lowest BCUT2D eigenvalue weighted by Crippen LogP contribution is -1.95. The molecule has 1 N–H and O–H groups in total. The minimum Gasteiger partial charge on any atom is -0.302 e. The molecule has 0 aromatic heterocycles. The van der Waals surface area contributed by atoms with E-state index in [2.05, 4.69) is 0 Å². The molecule has 0 saturated heterocycles. The second kappa shape index (κ2) is 3.72. The lowest BCUT2D eigenvalue weighted by atomic mass is 10.4. The van der Waals surface area contributed by atoms with E-state index in [4.69, 9.17) is 4.55 Å². The van der Waals surface area contributed by atoms with Crippen molar-refractivity contribution < 1.29 is 13.3 Å². The standard InChI is InChI=1S/C6H5O3PS/c7-10-5-2-1-3-6(4-5)11(8)9/h1-4H,(H,8,9). The number of benzene rings is 1. The van der Waals surface area contributed by atoms with Gasteiger partial charge in [0.15, 0.2) is 19.5 Å². The first-order valence-corrected chi connectivity index (χ1v) is 4.70. The maximum absolute atomic E-state index is 10.5. The van der Waals surface area contributed by atoms with Gasteiger partial charge < -0.3 is 4.55 Å². The lowest BCUT2D eigenvalue weighted by Gasteiger charge is -1.93. The molecule has 0 aliphatic heterocycles. The van der Waals surface area contributed by atoms with E-state index in [1.807, 2.05) is 0 Å². The molecule has 5 heteroatoms. The van der Waals surface area contributed by atoms with E-state index in [1.165, 1.54) is 12.1 Å². The quantitative estimate of drug-likeness (QED) is 0.560. The molecule has 58 valence electrons. The summed E-state index contributed by atoms with van der Waals surface area (Å²) in [5, 5.41) is 0.505. The molecule has 0 aliphatic rings. The first-order valence-electron chi connectivity index (χ1n) is 2.78. The van der Waals surface area contributed by atoms with Gasteiger partial charge in [-0.1, -0.05) is 6.07 Å². The van der Waals surface area contributed by atoms with Crippen LogP contribution in [0.15, 0.2) is 29.2 Å². The van der Waals surface area contributed by atoms with Crippen LogP contribution in [0.1, 0.15) is 0 Å². The molecule has 0 spiro atoms. The summed E-state index contributed by atoms with van der Waals surface area (Å²) in [5.41, 5.74) is 0. The third-order valence-electron chi connectivity index (χ3n) is 1.12. The molecule has 1 rings (SSSR count). The number of rotatable bonds is 2. The van der Waals surface area contributed by atoms with E-state index in [9.17, 15) is 8.77 Å². The molecule has 0 radical (unpaired) electrons.